The third kappa shape index (κ3) is 2.13. The highest BCUT2D eigenvalue weighted by molar-refractivity contribution is 5.02. The van der Waals surface area contributed by atoms with Crippen LogP contribution in [0.25, 0.3) is 0 Å². The van der Waals surface area contributed by atoms with Crippen molar-refractivity contribution in [3.8, 4) is 12.3 Å². The Morgan fingerprint density at radius 1 is 1.27 bits per heavy atom. The summed E-state index contributed by atoms with van der Waals surface area (Å²) in [6.07, 6.45) is -1.37. The molecule has 0 spiro atoms. The summed E-state index contributed by atoms with van der Waals surface area (Å²) in [5.74, 6) is -0.0591. The van der Waals surface area contributed by atoms with Crippen LogP contribution in [0.15, 0.2) is 0 Å². The SMILES string of the molecule is C#CC[C@]1(O)O[C@H](CO)[C@@H](O)[C@H](O)[C@@H]1O. The zero-order valence-electron chi connectivity index (χ0n) is 7.95. The van der Waals surface area contributed by atoms with Crippen molar-refractivity contribution in [3.63, 3.8) is 0 Å². The van der Waals surface area contributed by atoms with Crippen LogP contribution in [-0.2, 0) is 4.74 Å². The number of aliphatic hydroxyl groups excluding tert-OH is 4. The number of hydrogen-bond acceptors (Lipinski definition) is 6. The van der Waals surface area contributed by atoms with Crippen molar-refractivity contribution < 1.29 is 30.3 Å². The van der Waals surface area contributed by atoms with Crippen molar-refractivity contribution >= 4 is 0 Å². The Morgan fingerprint density at radius 2 is 1.87 bits per heavy atom. The molecule has 0 bridgehead atoms. The molecule has 1 rings (SSSR count). The first-order valence-corrected chi connectivity index (χ1v) is 4.45. The minimum atomic E-state index is -2.14. The van der Waals surface area contributed by atoms with E-state index in [1.54, 1.807) is 0 Å². The molecule has 0 amide bonds. The van der Waals surface area contributed by atoms with Crippen molar-refractivity contribution in [2.24, 2.45) is 0 Å². The fraction of sp³-hybridized carbons (Fsp3) is 0.778. The van der Waals surface area contributed by atoms with E-state index in [1.807, 2.05) is 0 Å². The van der Waals surface area contributed by atoms with Gasteiger partial charge in [-0.1, -0.05) is 0 Å². The predicted octanol–water partition coefficient (Wildman–Crippen LogP) is -2.83. The molecule has 15 heavy (non-hydrogen) atoms. The van der Waals surface area contributed by atoms with Crippen LogP contribution in [-0.4, -0.2) is 62.3 Å². The summed E-state index contributed by atoms with van der Waals surface area (Å²) in [5, 5.41) is 46.7. The fourth-order valence-electron chi connectivity index (χ4n) is 1.51. The zero-order valence-corrected chi connectivity index (χ0v) is 7.95. The molecule has 0 aliphatic carbocycles. The molecule has 6 nitrogen and oxygen atoms in total. The van der Waals surface area contributed by atoms with Gasteiger partial charge in [0.15, 0.2) is 0 Å². The Balaban J connectivity index is 2.88. The van der Waals surface area contributed by atoms with Crippen LogP contribution in [0.3, 0.4) is 0 Å². The minimum Gasteiger partial charge on any atom is -0.394 e. The second kappa shape index (κ2) is 4.45. The molecule has 0 aromatic heterocycles. The van der Waals surface area contributed by atoms with Crippen LogP contribution < -0.4 is 0 Å². The van der Waals surface area contributed by atoms with Gasteiger partial charge < -0.3 is 30.3 Å². The van der Waals surface area contributed by atoms with Crippen LogP contribution >= 0.6 is 0 Å². The number of hydrogen-bond donors (Lipinski definition) is 5. The number of terminal acetylenes is 1. The molecule has 5 atom stereocenters. The number of ether oxygens (including phenoxy) is 1. The molecule has 1 aliphatic heterocycles. The van der Waals surface area contributed by atoms with E-state index in [0.29, 0.717) is 0 Å². The molecule has 0 radical (unpaired) electrons. The Kier molecular flexibility index (Phi) is 3.67. The summed E-state index contributed by atoms with van der Waals surface area (Å²) < 4.78 is 4.86. The second-order valence-electron chi connectivity index (χ2n) is 3.49. The van der Waals surface area contributed by atoms with E-state index in [9.17, 15) is 20.4 Å². The van der Waals surface area contributed by atoms with Crippen LogP contribution in [0.2, 0.25) is 0 Å². The third-order valence-corrected chi connectivity index (χ3v) is 2.41. The summed E-state index contributed by atoms with van der Waals surface area (Å²) in [4.78, 5) is 0. The molecule has 1 fully saturated rings. The van der Waals surface area contributed by atoms with Gasteiger partial charge in [-0.15, -0.1) is 12.3 Å². The molecule has 0 aromatic carbocycles. The van der Waals surface area contributed by atoms with Gasteiger partial charge in [-0.2, -0.15) is 0 Å². The van der Waals surface area contributed by atoms with E-state index >= 15 is 0 Å². The van der Waals surface area contributed by atoms with Crippen molar-refractivity contribution in [3.05, 3.63) is 0 Å². The maximum atomic E-state index is 9.73. The van der Waals surface area contributed by atoms with Crippen molar-refractivity contribution in [1.29, 1.82) is 0 Å². The molecule has 86 valence electrons. The van der Waals surface area contributed by atoms with Crippen LogP contribution in [0.1, 0.15) is 6.42 Å². The minimum absolute atomic E-state index is 0.353. The molecule has 0 unspecified atom stereocenters. The van der Waals surface area contributed by atoms with Gasteiger partial charge in [0.1, 0.15) is 24.4 Å². The Hall–Kier alpha value is -0.680. The van der Waals surface area contributed by atoms with Crippen molar-refractivity contribution in [2.75, 3.05) is 6.61 Å². The van der Waals surface area contributed by atoms with E-state index in [4.69, 9.17) is 16.3 Å². The van der Waals surface area contributed by atoms with Gasteiger partial charge in [0.2, 0.25) is 5.79 Å². The third-order valence-electron chi connectivity index (χ3n) is 2.41. The van der Waals surface area contributed by atoms with Gasteiger partial charge in [-0.25, -0.2) is 0 Å². The molecule has 1 saturated heterocycles. The van der Waals surface area contributed by atoms with Crippen molar-refractivity contribution in [1.82, 2.24) is 0 Å². The van der Waals surface area contributed by atoms with Gasteiger partial charge in [-0.3, -0.25) is 0 Å². The molecule has 0 saturated carbocycles. The molecule has 6 heteroatoms. The van der Waals surface area contributed by atoms with E-state index in [0.717, 1.165) is 0 Å². The maximum Gasteiger partial charge on any atom is 0.206 e. The first kappa shape index (κ1) is 12.4. The summed E-state index contributed by atoms with van der Waals surface area (Å²) >= 11 is 0. The Bertz CT molecular complexity index is 260. The summed E-state index contributed by atoms with van der Waals surface area (Å²) in [6.45, 7) is -0.599. The monoisotopic (exact) mass is 218 g/mol. The van der Waals surface area contributed by atoms with E-state index < -0.39 is 36.8 Å². The summed E-state index contributed by atoms with van der Waals surface area (Å²) in [6, 6.07) is 0. The standard InChI is InChI=1S/C9H14O6/c1-2-3-9(14)8(13)7(12)6(11)5(4-10)15-9/h1,5-8,10-14H,3-4H2/t5-,6-,7+,8+,9+/m1/s1. The highest BCUT2D eigenvalue weighted by Crippen LogP contribution is 2.30. The molecule has 0 aromatic rings. The van der Waals surface area contributed by atoms with E-state index in [-0.39, 0.29) is 6.42 Å². The highest BCUT2D eigenvalue weighted by atomic mass is 16.7. The molecule has 1 aliphatic rings. The number of aliphatic hydroxyl groups is 5. The molecular weight excluding hydrogens is 204 g/mol. The van der Waals surface area contributed by atoms with Crippen LogP contribution in [0.5, 0.6) is 0 Å². The largest absolute Gasteiger partial charge is 0.394 e. The summed E-state index contributed by atoms with van der Waals surface area (Å²) in [5.41, 5.74) is 0. The molecule has 1 heterocycles. The lowest BCUT2D eigenvalue weighted by molar-refractivity contribution is -0.346. The lowest BCUT2D eigenvalue weighted by Crippen LogP contribution is -2.65. The predicted molar refractivity (Wildman–Crippen MR) is 48.4 cm³/mol. The lowest BCUT2D eigenvalue weighted by atomic mass is 9.91. The summed E-state index contributed by atoms with van der Waals surface area (Å²) in [7, 11) is 0. The van der Waals surface area contributed by atoms with Gasteiger partial charge in [0.05, 0.1) is 13.0 Å². The smallest absolute Gasteiger partial charge is 0.206 e. The molecular formula is C9H14O6. The van der Waals surface area contributed by atoms with E-state index in [1.165, 1.54) is 0 Å². The Labute approximate surface area is 86.7 Å². The molecule has 5 N–H and O–H groups in total. The normalized spacial score (nSPS) is 46.1. The highest BCUT2D eigenvalue weighted by Gasteiger charge is 2.52. The first-order chi connectivity index (χ1) is 6.96. The topological polar surface area (TPSA) is 110 Å². The second-order valence-corrected chi connectivity index (χ2v) is 3.49. The van der Waals surface area contributed by atoms with E-state index in [2.05, 4.69) is 5.92 Å². The van der Waals surface area contributed by atoms with Gasteiger partial charge in [0, 0.05) is 0 Å². The van der Waals surface area contributed by atoms with Gasteiger partial charge >= 0.3 is 0 Å². The maximum absolute atomic E-state index is 9.73. The zero-order chi connectivity index (χ0) is 11.6. The van der Waals surface area contributed by atoms with Crippen molar-refractivity contribution in [2.45, 2.75) is 36.6 Å². The average molecular weight is 218 g/mol. The van der Waals surface area contributed by atoms with Crippen LogP contribution in [0.4, 0.5) is 0 Å². The number of rotatable bonds is 2. The average Bonchev–Trinajstić information content (AvgIpc) is 2.21. The Morgan fingerprint density at radius 3 is 2.33 bits per heavy atom. The lowest BCUT2D eigenvalue weighted by Gasteiger charge is -2.44. The first-order valence-electron chi connectivity index (χ1n) is 4.45. The van der Waals surface area contributed by atoms with Gasteiger partial charge in [-0.05, 0) is 0 Å². The fourth-order valence-corrected chi connectivity index (χ4v) is 1.51. The quantitative estimate of drug-likeness (QED) is 0.320. The van der Waals surface area contributed by atoms with Gasteiger partial charge in [0.25, 0.3) is 0 Å². The van der Waals surface area contributed by atoms with Crippen LogP contribution in [0, 0.1) is 12.3 Å².